The fraction of sp³-hybridized carbons (Fsp3) is 0.600. The monoisotopic (exact) mass is 386 g/mol. The van der Waals surface area contributed by atoms with Crippen molar-refractivity contribution in [2.24, 2.45) is 5.41 Å². The summed E-state index contributed by atoms with van der Waals surface area (Å²) in [5.41, 5.74) is 4.74. The minimum Gasteiger partial charge on any atom is -0.371 e. The Morgan fingerprint density at radius 1 is 1.00 bits per heavy atom. The average molecular weight is 386 g/mol. The van der Waals surface area contributed by atoms with E-state index in [1.54, 1.807) is 6.07 Å². The highest BCUT2D eigenvalue weighted by Crippen LogP contribution is 2.41. The maximum Gasteiger partial charge on any atom is 0.263 e. The zero-order chi connectivity index (χ0) is 19.1. The van der Waals surface area contributed by atoms with Crippen molar-refractivity contribution < 1.29 is 19.3 Å². The minimum atomic E-state index is -0.639. The lowest BCUT2D eigenvalue weighted by atomic mass is 9.71. The van der Waals surface area contributed by atoms with Crippen LogP contribution < -0.4 is 15.9 Å². The maximum absolute atomic E-state index is 12.9. The van der Waals surface area contributed by atoms with E-state index in [0.717, 1.165) is 31.9 Å². The molecule has 5 rings (SSSR count). The van der Waals surface area contributed by atoms with Crippen LogP contribution in [-0.4, -0.2) is 55.7 Å². The van der Waals surface area contributed by atoms with Crippen LogP contribution in [0, 0.1) is 5.41 Å². The van der Waals surface area contributed by atoms with E-state index in [1.807, 2.05) is 12.1 Å². The van der Waals surface area contributed by atoms with Crippen LogP contribution in [0.15, 0.2) is 18.2 Å². The van der Waals surface area contributed by atoms with Gasteiger partial charge in [-0.1, -0.05) is 5.64 Å². The zero-order valence-electron chi connectivity index (χ0n) is 15.9. The van der Waals surface area contributed by atoms with Gasteiger partial charge in [0.15, 0.2) is 6.23 Å². The van der Waals surface area contributed by atoms with E-state index in [2.05, 4.69) is 15.9 Å². The molecule has 0 bridgehead atoms. The van der Waals surface area contributed by atoms with Crippen molar-refractivity contribution in [2.75, 3.05) is 37.7 Å². The summed E-state index contributed by atoms with van der Waals surface area (Å²) in [6.45, 7) is 4.62. The third-order valence-corrected chi connectivity index (χ3v) is 6.75. The van der Waals surface area contributed by atoms with Crippen molar-refractivity contribution in [1.82, 2.24) is 15.9 Å². The predicted octanol–water partition coefficient (Wildman–Crippen LogP) is 1.44. The Morgan fingerprint density at radius 3 is 2.46 bits per heavy atom. The largest absolute Gasteiger partial charge is 0.371 e. The molecule has 8 heteroatoms. The zero-order valence-corrected chi connectivity index (χ0v) is 15.9. The van der Waals surface area contributed by atoms with Crippen molar-refractivity contribution in [3.63, 3.8) is 0 Å². The lowest BCUT2D eigenvalue weighted by Gasteiger charge is -2.45. The Bertz CT molecular complexity index is 776. The topological polar surface area (TPSA) is 83.1 Å². The third-order valence-electron chi connectivity index (χ3n) is 6.75. The van der Waals surface area contributed by atoms with Crippen LogP contribution >= 0.6 is 0 Å². The molecule has 0 aromatic heterocycles. The molecule has 0 radical (unpaired) electrons. The normalized spacial score (nSPS) is 27.4. The van der Waals surface area contributed by atoms with E-state index < -0.39 is 6.23 Å². The number of imide groups is 1. The summed E-state index contributed by atoms with van der Waals surface area (Å²) in [6.07, 6.45) is 4.70. The summed E-state index contributed by atoms with van der Waals surface area (Å²) in [5.74, 6) is -0.588. The lowest BCUT2D eigenvalue weighted by Crippen LogP contribution is -2.47. The predicted molar refractivity (Wildman–Crippen MR) is 102 cm³/mol. The SMILES string of the molecule is O=C1c2ccc(N3CCC4(CCNCC4)CC3)cc2C(=O)N1C1CCONO1. The number of fused-ring (bicyclic) bond motifs is 1. The highest BCUT2D eigenvalue weighted by molar-refractivity contribution is 6.21. The lowest BCUT2D eigenvalue weighted by molar-refractivity contribution is -0.259. The van der Waals surface area contributed by atoms with Crippen LogP contribution in [0.5, 0.6) is 0 Å². The van der Waals surface area contributed by atoms with E-state index >= 15 is 0 Å². The van der Waals surface area contributed by atoms with Crippen molar-refractivity contribution in [3.8, 4) is 0 Å². The second kappa shape index (κ2) is 7.11. The van der Waals surface area contributed by atoms with Crippen molar-refractivity contribution >= 4 is 17.5 Å². The molecular formula is C20H26N4O4. The molecule has 1 spiro atoms. The van der Waals surface area contributed by atoms with E-state index in [9.17, 15) is 9.59 Å². The van der Waals surface area contributed by atoms with Gasteiger partial charge in [0, 0.05) is 25.2 Å². The molecular weight excluding hydrogens is 360 g/mol. The number of anilines is 1. The Balaban J connectivity index is 1.33. The maximum atomic E-state index is 12.9. The number of benzene rings is 1. The molecule has 3 saturated heterocycles. The molecule has 0 saturated carbocycles. The van der Waals surface area contributed by atoms with Gasteiger partial charge >= 0.3 is 0 Å². The molecule has 0 aliphatic carbocycles. The first-order valence-electron chi connectivity index (χ1n) is 10.2. The third kappa shape index (κ3) is 3.00. The number of amides is 2. The quantitative estimate of drug-likeness (QED) is 0.744. The summed E-state index contributed by atoms with van der Waals surface area (Å²) in [6, 6.07) is 5.63. The molecule has 28 heavy (non-hydrogen) atoms. The highest BCUT2D eigenvalue weighted by Gasteiger charge is 2.42. The molecule has 3 fully saturated rings. The van der Waals surface area contributed by atoms with E-state index in [-0.39, 0.29) is 11.8 Å². The van der Waals surface area contributed by atoms with Crippen LogP contribution in [-0.2, 0) is 9.68 Å². The van der Waals surface area contributed by atoms with Gasteiger partial charge < -0.3 is 10.2 Å². The highest BCUT2D eigenvalue weighted by atomic mass is 16.9. The Morgan fingerprint density at radius 2 is 1.75 bits per heavy atom. The first-order valence-corrected chi connectivity index (χ1v) is 10.2. The number of carbonyl (C=O) groups excluding carboxylic acids is 2. The second-order valence-electron chi connectivity index (χ2n) is 8.24. The van der Waals surface area contributed by atoms with Gasteiger partial charge in [-0.25, -0.2) is 4.90 Å². The first kappa shape index (κ1) is 18.1. The molecule has 1 unspecified atom stereocenters. The summed E-state index contributed by atoms with van der Waals surface area (Å²) in [5, 5.41) is 3.46. The Hall–Kier alpha value is -2.00. The van der Waals surface area contributed by atoms with Gasteiger partial charge in [0.25, 0.3) is 11.8 Å². The van der Waals surface area contributed by atoms with Gasteiger partial charge in [0.1, 0.15) is 0 Å². The number of nitrogens with zero attached hydrogens (tertiary/aromatic N) is 2. The molecule has 1 aromatic carbocycles. The van der Waals surface area contributed by atoms with Crippen LogP contribution in [0.2, 0.25) is 0 Å². The van der Waals surface area contributed by atoms with Crippen molar-refractivity contribution in [3.05, 3.63) is 29.3 Å². The van der Waals surface area contributed by atoms with Gasteiger partial charge in [-0.15, -0.1) is 0 Å². The van der Waals surface area contributed by atoms with E-state index in [1.165, 1.54) is 30.6 Å². The van der Waals surface area contributed by atoms with Gasteiger partial charge in [0.2, 0.25) is 0 Å². The van der Waals surface area contributed by atoms with Crippen LogP contribution in [0.4, 0.5) is 5.69 Å². The number of nitrogens with one attached hydrogen (secondary N) is 2. The second-order valence-corrected chi connectivity index (χ2v) is 8.24. The molecule has 8 nitrogen and oxygen atoms in total. The summed E-state index contributed by atoms with van der Waals surface area (Å²) < 4.78 is 0. The molecule has 4 heterocycles. The number of piperidine rings is 2. The van der Waals surface area contributed by atoms with Crippen molar-refractivity contribution in [1.29, 1.82) is 0 Å². The molecule has 1 aromatic rings. The average Bonchev–Trinajstić information content (AvgIpc) is 3.00. The van der Waals surface area contributed by atoms with Crippen molar-refractivity contribution in [2.45, 2.75) is 38.3 Å². The van der Waals surface area contributed by atoms with E-state index in [0.29, 0.717) is 29.6 Å². The summed E-state index contributed by atoms with van der Waals surface area (Å²) >= 11 is 0. The standard InChI is InChI=1S/C20H26N4O4/c25-18-15-2-1-14(23-10-6-20(7-11-23)4-8-21-9-5-20)13-16(15)19(26)24(18)17-3-12-27-22-28-17/h1-2,13,17,21-22H,3-12H2. The van der Waals surface area contributed by atoms with Crippen LogP contribution in [0.1, 0.15) is 52.8 Å². The molecule has 2 N–H and O–H groups in total. The molecule has 150 valence electrons. The van der Waals surface area contributed by atoms with Gasteiger partial charge in [-0.2, -0.15) is 0 Å². The smallest absolute Gasteiger partial charge is 0.263 e. The van der Waals surface area contributed by atoms with Gasteiger partial charge in [-0.05, 0) is 62.4 Å². The first-order chi connectivity index (χ1) is 13.7. The Kier molecular flexibility index (Phi) is 4.59. The van der Waals surface area contributed by atoms with E-state index in [4.69, 9.17) is 9.68 Å². The molecule has 4 aliphatic rings. The Labute approximate surface area is 164 Å². The minimum absolute atomic E-state index is 0.289. The molecule has 4 aliphatic heterocycles. The summed E-state index contributed by atoms with van der Waals surface area (Å²) in [4.78, 5) is 39.4. The molecule has 2 amide bonds. The fourth-order valence-electron chi connectivity index (χ4n) is 4.93. The molecule has 1 atom stereocenters. The van der Waals surface area contributed by atoms with Gasteiger partial charge in [0.05, 0.1) is 17.7 Å². The summed E-state index contributed by atoms with van der Waals surface area (Å²) in [7, 11) is 0. The van der Waals surface area contributed by atoms with Crippen LogP contribution in [0.3, 0.4) is 0 Å². The number of carbonyl (C=O) groups is 2. The number of hydrogen-bond acceptors (Lipinski definition) is 7. The van der Waals surface area contributed by atoms with Crippen LogP contribution in [0.25, 0.3) is 0 Å². The number of hydrogen-bond donors (Lipinski definition) is 2. The fourth-order valence-corrected chi connectivity index (χ4v) is 4.93. The van der Waals surface area contributed by atoms with Gasteiger partial charge in [-0.3, -0.25) is 19.3 Å². The number of rotatable bonds is 2.